The second kappa shape index (κ2) is 6.59. The van der Waals surface area contributed by atoms with Gasteiger partial charge < -0.3 is 9.32 Å². The average Bonchev–Trinajstić information content (AvgIpc) is 2.96. The van der Waals surface area contributed by atoms with Gasteiger partial charge in [0.1, 0.15) is 5.58 Å². The Balaban J connectivity index is 1.88. The van der Waals surface area contributed by atoms with Gasteiger partial charge in [0.05, 0.1) is 10.9 Å². The van der Waals surface area contributed by atoms with Crippen LogP contribution in [-0.2, 0) is 10.0 Å². The molecule has 3 aromatic rings. The number of carbonyl (C=O) groups is 1. The maximum atomic E-state index is 12.9. The lowest BCUT2D eigenvalue weighted by atomic mass is 10.1. The Morgan fingerprint density at radius 2 is 1.73 bits per heavy atom. The first-order valence-electron chi connectivity index (χ1n) is 8.08. The van der Waals surface area contributed by atoms with Crippen LogP contribution < -0.4 is 5.14 Å². The number of rotatable bonds is 4. The van der Waals surface area contributed by atoms with Crippen LogP contribution >= 0.6 is 0 Å². The number of hydrogen-bond donors (Lipinski definition) is 1. The first kappa shape index (κ1) is 18.2. The first-order chi connectivity index (χ1) is 12.2. The van der Waals surface area contributed by atoms with Crippen LogP contribution in [0.5, 0.6) is 0 Å². The van der Waals surface area contributed by atoms with Gasteiger partial charge in [-0.2, -0.15) is 0 Å². The van der Waals surface area contributed by atoms with E-state index in [-0.39, 0.29) is 16.8 Å². The van der Waals surface area contributed by atoms with Gasteiger partial charge in [0, 0.05) is 18.0 Å². The minimum Gasteiger partial charge on any atom is -0.451 e. The van der Waals surface area contributed by atoms with Crippen LogP contribution in [-0.4, -0.2) is 26.3 Å². The zero-order valence-electron chi connectivity index (χ0n) is 14.8. The Morgan fingerprint density at radius 1 is 1.12 bits per heavy atom. The topological polar surface area (TPSA) is 93.6 Å². The number of nitrogens with zero attached hydrogens (tertiary/aromatic N) is 1. The molecule has 1 atom stereocenters. The molecule has 3 rings (SSSR count). The number of carbonyl (C=O) groups excluding carboxylic acids is 1. The number of amides is 1. The van der Waals surface area contributed by atoms with E-state index in [9.17, 15) is 13.2 Å². The van der Waals surface area contributed by atoms with Gasteiger partial charge in [0.15, 0.2) is 5.76 Å². The summed E-state index contributed by atoms with van der Waals surface area (Å²) in [6.07, 6.45) is 0. The van der Waals surface area contributed by atoms with Crippen molar-refractivity contribution < 1.29 is 17.6 Å². The molecule has 2 N–H and O–H groups in total. The molecular weight excluding hydrogens is 352 g/mol. The van der Waals surface area contributed by atoms with E-state index >= 15 is 0 Å². The van der Waals surface area contributed by atoms with Crippen molar-refractivity contribution >= 4 is 26.9 Å². The molecule has 0 bridgehead atoms. The predicted molar refractivity (Wildman–Crippen MR) is 99.3 cm³/mol. The molecule has 136 valence electrons. The van der Waals surface area contributed by atoms with E-state index in [1.807, 2.05) is 38.1 Å². The van der Waals surface area contributed by atoms with Gasteiger partial charge in [-0.25, -0.2) is 13.6 Å². The maximum Gasteiger partial charge on any atom is 0.290 e. The average molecular weight is 372 g/mol. The minimum atomic E-state index is -3.74. The summed E-state index contributed by atoms with van der Waals surface area (Å²) in [7, 11) is -2.05. The first-order valence-corrected chi connectivity index (χ1v) is 9.63. The Labute approximate surface area is 152 Å². The third-order valence-electron chi connectivity index (χ3n) is 4.63. The second-order valence-electron chi connectivity index (χ2n) is 6.26. The fourth-order valence-corrected chi connectivity index (χ4v) is 3.39. The van der Waals surface area contributed by atoms with E-state index in [2.05, 4.69) is 0 Å². The van der Waals surface area contributed by atoms with Gasteiger partial charge in [-0.3, -0.25) is 4.79 Å². The normalized spacial score (nSPS) is 12.9. The molecule has 0 aliphatic rings. The summed E-state index contributed by atoms with van der Waals surface area (Å²) in [5.41, 5.74) is 2.27. The molecule has 6 nitrogen and oxygen atoms in total. The second-order valence-corrected chi connectivity index (χ2v) is 7.82. The highest BCUT2D eigenvalue weighted by atomic mass is 32.2. The molecular formula is C19H20N2O4S. The molecule has 1 unspecified atom stereocenters. The molecule has 1 heterocycles. The van der Waals surface area contributed by atoms with Crippen molar-refractivity contribution in [2.75, 3.05) is 7.05 Å². The molecule has 0 spiro atoms. The minimum absolute atomic E-state index is 0.0376. The lowest BCUT2D eigenvalue weighted by Crippen LogP contribution is -2.29. The van der Waals surface area contributed by atoms with Crippen molar-refractivity contribution in [3.05, 3.63) is 65.4 Å². The summed E-state index contributed by atoms with van der Waals surface area (Å²) in [5, 5.41) is 6.03. The van der Waals surface area contributed by atoms with Gasteiger partial charge >= 0.3 is 0 Å². The fourth-order valence-electron chi connectivity index (χ4n) is 2.87. The third kappa shape index (κ3) is 3.23. The zero-order valence-corrected chi connectivity index (χ0v) is 15.6. The highest BCUT2D eigenvalue weighted by Crippen LogP contribution is 2.28. The molecule has 0 saturated carbocycles. The monoisotopic (exact) mass is 372 g/mol. The van der Waals surface area contributed by atoms with Gasteiger partial charge in [-0.05, 0) is 37.6 Å². The zero-order chi connectivity index (χ0) is 19.1. The number of furan rings is 1. The Kier molecular flexibility index (Phi) is 4.60. The number of benzene rings is 2. The van der Waals surface area contributed by atoms with Gasteiger partial charge in [0.2, 0.25) is 10.0 Å². The fraction of sp³-hybridized carbons (Fsp3) is 0.211. The highest BCUT2D eigenvalue weighted by molar-refractivity contribution is 7.89. The van der Waals surface area contributed by atoms with Crippen molar-refractivity contribution in [2.24, 2.45) is 5.14 Å². The lowest BCUT2D eigenvalue weighted by Gasteiger charge is -2.25. The van der Waals surface area contributed by atoms with E-state index in [0.717, 1.165) is 16.5 Å². The lowest BCUT2D eigenvalue weighted by molar-refractivity contribution is 0.0711. The van der Waals surface area contributed by atoms with Gasteiger partial charge in [-0.1, -0.05) is 30.3 Å². The summed E-state index contributed by atoms with van der Waals surface area (Å²) in [6, 6.07) is 13.4. The van der Waals surface area contributed by atoms with Crippen LogP contribution in [0.1, 0.15) is 34.6 Å². The molecule has 0 saturated heterocycles. The maximum absolute atomic E-state index is 12.9. The molecule has 2 aromatic carbocycles. The molecule has 0 aliphatic carbocycles. The number of nitrogens with two attached hydrogens (primary N) is 1. The number of primary sulfonamides is 1. The van der Waals surface area contributed by atoms with Crippen molar-refractivity contribution in [3.8, 4) is 0 Å². The van der Waals surface area contributed by atoms with Crippen LogP contribution in [0.15, 0.2) is 57.8 Å². The third-order valence-corrected chi connectivity index (χ3v) is 5.56. The number of sulfonamides is 1. The SMILES string of the molecule is Cc1c(C(=O)N(C)C(C)c2ccc(S(N)(=O)=O)cc2)oc2ccccc12. The van der Waals surface area contributed by atoms with E-state index in [1.54, 1.807) is 24.1 Å². The van der Waals surface area contributed by atoms with E-state index in [0.29, 0.717) is 11.3 Å². The molecule has 1 aromatic heterocycles. The number of fused-ring (bicyclic) bond motifs is 1. The van der Waals surface area contributed by atoms with Crippen LogP contribution in [0.25, 0.3) is 11.0 Å². The highest BCUT2D eigenvalue weighted by Gasteiger charge is 2.25. The smallest absolute Gasteiger partial charge is 0.290 e. The molecule has 1 amide bonds. The summed E-state index contributed by atoms with van der Waals surface area (Å²) >= 11 is 0. The van der Waals surface area contributed by atoms with Gasteiger partial charge in [-0.15, -0.1) is 0 Å². The Hall–Kier alpha value is -2.64. The Bertz CT molecular complexity index is 1070. The number of aryl methyl sites for hydroxylation is 1. The summed E-state index contributed by atoms with van der Waals surface area (Å²) in [5.74, 6) is 0.0726. The molecule has 7 heteroatoms. The van der Waals surface area contributed by atoms with Crippen molar-refractivity contribution in [1.29, 1.82) is 0 Å². The predicted octanol–water partition coefficient (Wildman–Crippen LogP) is 3.22. The summed E-state index contributed by atoms with van der Waals surface area (Å²) in [4.78, 5) is 14.5. The summed E-state index contributed by atoms with van der Waals surface area (Å²) < 4.78 is 28.5. The van der Waals surface area contributed by atoms with Crippen molar-refractivity contribution in [2.45, 2.75) is 24.8 Å². The molecule has 0 aliphatic heterocycles. The quantitative estimate of drug-likeness (QED) is 0.761. The standard InChI is InChI=1S/C19H20N2O4S/c1-12-16-6-4-5-7-17(16)25-18(12)19(22)21(3)13(2)14-8-10-15(11-9-14)26(20,23)24/h4-11,13H,1-3H3,(H2,20,23,24). The van der Waals surface area contributed by atoms with E-state index < -0.39 is 10.0 Å². The summed E-state index contributed by atoms with van der Waals surface area (Å²) in [6.45, 7) is 3.72. The molecule has 0 fully saturated rings. The number of para-hydroxylation sites is 1. The van der Waals surface area contributed by atoms with Gasteiger partial charge in [0.25, 0.3) is 5.91 Å². The van der Waals surface area contributed by atoms with E-state index in [4.69, 9.17) is 9.56 Å². The molecule has 26 heavy (non-hydrogen) atoms. The van der Waals surface area contributed by atoms with Crippen LogP contribution in [0, 0.1) is 6.92 Å². The van der Waals surface area contributed by atoms with Crippen molar-refractivity contribution in [3.63, 3.8) is 0 Å². The van der Waals surface area contributed by atoms with Crippen molar-refractivity contribution in [1.82, 2.24) is 4.90 Å². The van der Waals surface area contributed by atoms with Crippen LogP contribution in [0.2, 0.25) is 0 Å². The molecule has 0 radical (unpaired) electrons. The van der Waals surface area contributed by atoms with Crippen LogP contribution in [0.4, 0.5) is 0 Å². The van der Waals surface area contributed by atoms with E-state index in [1.165, 1.54) is 12.1 Å². The Morgan fingerprint density at radius 3 is 2.31 bits per heavy atom. The number of hydrogen-bond acceptors (Lipinski definition) is 4. The largest absolute Gasteiger partial charge is 0.451 e. The van der Waals surface area contributed by atoms with Crippen LogP contribution in [0.3, 0.4) is 0 Å².